The van der Waals surface area contributed by atoms with E-state index in [0.29, 0.717) is 16.3 Å². The highest BCUT2D eigenvalue weighted by atomic mass is 19.4. The lowest BCUT2D eigenvalue weighted by Gasteiger charge is -2.16. The van der Waals surface area contributed by atoms with Crippen LogP contribution in [0.15, 0.2) is 59.8 Å². The molecule has 0 aliphatic rings. The zero-order valence-corrected chi connectivity index (χ0v) is 16.6. The summed E-state index contributed by atoms with van der Waals surface area (Å²) in [6.07, 6.45) is -4.48. The molecule has 0 fully saturated rings. The highest BCUT2D eigenvalue weighted by Gasteiger charge is 2.30. The van der Waals surface area contributed by atoms with Crippen molar-refractivity contribution in [3.8, 4) is 5.75 Å². The number of hydrogen-bond acceptors (Lipinski definition) is 4. The Labute approximate surface area is 179 Å². The van der Waals surface area contributed by atoms with E-state index < -0.39 is 35.4 Å². The molecule has 0 aromatic heterocycles. The van der Waals surface area contributed by atoms with Gasteiger partial charge in [-0.05, 0) is 54.3 Å². The van der Waals surface area contributed by atoms with Crippen molar-refractivity contribution in [3.63, 3.8) is 0 Å². The van der Waals surface area contributed by atoms with E-state index in [2.05, 4.69) is 10.5 Å². The second-order valence-electron chi connectivity index (χ2n) is 6.92. The Kier molecular flexibility index (Phi) is 6.52. The highest BCUT2D eigenvalue weighted by Crippen LogP contribution is 2.32. The van der Waals surface area contributed by atoms with Crippen LogP contribution < -0.4 is 10.1 Å². The molecule has 32 heavy (non-hydrogen) atoms. The summed E-state index contributed by atoms with van der Waals surface area (Å²) < 4.78 is 57.6. The fourth-order valence-electron chi connectivity index (χ4n) is 2.97. The Bertz CT molecular complexity index is 1180. The van der Waals surface area contributed by atoms with Crippen LogP contribution in [0.5, 0.6) is 5.75 Å². The Hall–Kier alpha value is -3.82. The molecule has 0 saturated heterocycles. The fourth-order valence-corrected chi connectivity index (χ4v) is 2.97. The summed E-state index contributed by atoms with van der Waals surface area (Å²) in [5.41, 5.74) is -0.428. The minimum atomic E-state index is -4.48. The summed E-state index contributed by atoms with van der Waals surface area (Å²) in [5.74, 6) is -2.30. The standard InChI is InChI=1S/C22H16F4N2O4/c1-12(20(29)28-31)27-21(30)18-8-4-14-10-16(23)7-9-17(14)19(18)32-11-13-2-5-15(6-3-13)22(24,25)26/h2-10,12H,11H2,1H3,(H,27,30). The molecule has 3 rings (SSSR count). The molecular formula is C22H16F4N2O4. The van der Waals surface area contributed by atoms with Gasteiger partial charge in [0.2, 0.25) is 0 Å². The number of carbonyl (C=O) groups is 2. The molecule has 0 spiro atoms. The third kappa shape index (κ3) is 5.08. The van der Waals surface area contributed by atoms with Crippen molar-refractivity contribution >= 4 is 22.6 Å². The zero-order valence-electron chi connectivity index (χ0n) is 16.6. The van der Waals surface area contributed by atoms with Gasteiger partial charge >= 0.3 is 12.1 Å². The number of halogens is 4. The quantitative estimate of drug-likeness (QED) is 0.425. The number of nitrogens with zero attached hydrogens (tertiary/aromatic N) is 1. The van der Waals surface area contributed by atoms with Crippen molar-refractivity contribution in [2.75, 3.05) is 0 Å². The predicted molar refractivity (Wildman–Crippen MR) is 107 cm³/mol. The Morgan fingerprint density at radius 3 is 2.38 bits per heavy atom. The van der Waals surface area contributed by atoms with Crippen LogP contribution in [-0.2, 0) is 17.6 Å². The summed E-state index contributed by atoms with van der Waals surface area (Å²) in [5, 5.41) is 5.38. The van der Waals surface area contributed by atoms with E-state index in [1.165, 1.54) is 43.3 Å². The molecule has 166 valence electrons. The first-order valence-corrected chi connectivity index (χ1v) is 9.29. The average Bonchev–Trinajstić information content (AvgIpc) is 2.76. The van der Waals surface area contributed by atoms with E-state index in [0.717, 1.165) is 18.2 Å². The summed E-state index contributed by atoms with van der Waals surface area (Å²) in [6.45, 7) is 1.10. The van der Waals surface area contributed by atoms with Gasteiger partial charge in [-0.3, -0.25) is 9.59 Å². The molecule has 0 aliphatic heterocycles. The lowest BCUT2D eigenvalue weighted by molar-refractivity contribution is -0.137. The Balaban J connectivity index is 1.93. The fraction of sp³-hybridized carbons (Fsp3) is 0.182. The molecule has 2 amide bonds. The number of hydrogen-bond donors (Lipinski definition) is 1. The molecule has 6 nitrogen and oxygen atoms in total. The molecule has 0 bridgehead atoms. The molecule has 3 aromatic rings. The lowest BCUT2D eigenvalue weighted by atomic mass is 10.0. The van der Waals surface area contributed by atoms with Crippen LogP contribution >= 0.6 is 0 Å². The van der Waals surface area contributed by atoms with Gasteiger partial charge in [-0.25, -0.2) is 4.39 Å². The van der Waals surface area contributed by atoms with Crippen molar-refractivity contribution in [2.45, 2.75) is 25.7 Å². The van der Waals surface area contributed by atoms with Crippen molar-refractivity contribution in [1.82, 2.24) is 5.32 Å². The second-order valence-corrected chi connectivity index (χ2v) is 6.92. The van der Waals surface area contributed by atoms with Gasteiger partial charge in [0.15, 0.2) is 0 Å². The molecule has 3 aromatic carbocycles. The molecule has 0 heterocycles. The van der Waals surface area contributed by atoms with E-state index >= 15 is 0 Å². The molecule has 10 heteroatoms. The van der Waals surface area contributed by atoms with Gasteiger partial charge in [-0.1, -0.05) is 18.2 Å². The number of amides is 2. The number of alkyl halides is 3. The number of benzene rings is 3. The maximum Gasteiger partial charge on any atom is 0.416 e. The van der Waals surface area contributed by atoms with Crippen LogP contribution in [0.2, 0.25) is 0 Å². The summed E-state index contributed by atoms with van der Waals surface area (Å²) in [6, 6.07) is 9.72. The largest absolute Gasteiger partial charge is 0.487 e. The number of nitrogens with one attached hydrogen (secondary N) is 1. The van der Waals surface area contributed by atoms with Crippen molar-refractivity contribution in [3.05, 3.63) is 82.0 Å². The number of rotatable bonds is 6. The van der Waals surface area contributed by atoms with Crippen molar-refractivity contribution in [2.24, 2.45) is 5.18 Å². The van der Waals surface area contributed by atoms with Gasteiger partial charge in [0.1, 0.15) is 24.2 Å². The maximum absolute atomic E-state index is 13.6. The molecule has 1 unspecified atom stereocenters. The minimum absolute atomic E-state index is 0.0124. The average molecular weight is 448 g/mol. The first-order valence-electron chi connectivity index (χ1n) is 9.29. The third-order valence-corrected chi connectivity index (χ3v) is 4.65. The van der Waals surface area contributed by atoms with Crippen LogP contribution in [0.4, 0.5) is 17.6 Å². The number of carbonyl (C=O) groups excluding carboxylic acids is 2. The minimum Gasteiger partial charge on any atom is -0.487 e. The van der Waals surface area contributed by atoms with Gasteiger partial charge in [-0.15, -0.1) is 4.91 Å². The Morgan fingerprint density at radius 1 is 1.06 bits per heavy atom. The maximum atomic E-state index is 13.6. The Morgan fingerprint density at radius 2 is 1.75 bits per heavy atom. The first kappa shape index (κ1) is 22.9. The van der Waals surface area contributed by atoms with Gasteiger partial charge in [0.25, 0.3) is 5.91 Å². The molecule has 0 radical (unpaired) electrons. The van der Waals surface area contributed by atoms with Crippen LogP contribution in [-0.4, -0.2) is 17.9 Å². The van der Waals surface area contributed by atoms with Crippen LogP contribution in [0, 0.1) is 10.7 Å². The molecule has 0 saturated carbocycles. The van der Waals surface area contributed by atoms with Crippen LogP contribution in [0.25, 0.3) is 10.8 Å². The monoisotopic (exact) mass is 448 g/mol. The predicted octanol–water partition coefficient (Wildman–Crippen LogP) is 4.99. The van der Waals surface area contributed by atoms with Gasteiger partial charge in [0, 0.05) is 10.6 Å². The summed E-state index contributed by atoms with van der Waals surface area (Å²) in [4.78, 5) is 34.5. The molecule has 1 N–H and O–H groups in total. The zero-order chi connectivity index (χ0) is 23.5. The van der Waals surface area contributed by atoms with Gasteiger partial charge in [-0.2, -0.15) is 13.2 Å². The normalized spacial score (nSPS) is 12.3. The number of nitroso groups, excluding NO2 is 1. The number of ether oxygens (including phenoxy) is 1. The van der Waals surface area contributed by atoms with Crippen molar-refractivity contribution in [1.29, 1.82) is 0 Å². The van der Waals surface area contributed by atoms with E-state index in [1.54, 1.807) is 0 Å². The summed E-state index contributed by atoms with van der Waals surface area (Å²) >= 11 is 0. The number of fused-ring (bicyclic) bond motifs is 1. The topological polar surface area (TPSA) is 84.8 Å². The smallest absolute Gasteiger partial charge is 0.416 e. The van der Waals surface area contributed by atoms with Gasteiger partial charge in [0.05, 0.1) is 11.1 Å². The first-order chi connectivity index (χ1) is 15.1. The third-order valence-electron chi connectivity index (χ3n) is 4.65. The lowest BCUT2D eigenvalue weighted by Crippen LogP contribution is -2.37. The van der Waals surface area contributed by atoms with Crippen LogP contribution in [0.1, 0.15) is 28.4 Å². The SMILES string of the molecule is CC(NC(=O)c1ccc2cc(F)ccc2c1OCc1ccc(C(F)(F)F)cc1)C(=O)N=O. The van der Waals surface area contributed by atoms with Crippen molar-refractivity contribution < 1.29 is 31.9 Å². The summed E-state index contributed by atoms with van der Waals surface area (Å²) in [7, 11) is 0. The van der Waals surface area contributed by atoms with E-state index in [4.69, 9.17) is 4.74 Å². The van der Waals surface area contributed by atoms with Gasteiger partial charge < -0.3 is 10.1 Å². The molecule has 1 atom stereocenters. The van der Waals surface area contributed by atoms with E-state index in [1.807, 2.05) is 0 Å². The molecule has 0 aliphatic carbocycles. The second kappa shape index (κ2) is 9.13. The van der Waals surface area contributed by atoms with E-state index in [9.17, 15) is 32.1 Å². The van der Waals surface area contributed by atoms with Crippen LogP contribution in [0.3, 0.4) is 0 Å². The highest BCUT2D eigenvalue weighted by molar-refractivity contribution is 6.05. The molecular weight excluding hydrogens is 432 g/mol. The van der Waals surface area contributed by atoms with E-state index in [-0.39, 0.29) is 17.9 Å².